The number of benzene rings is 1. The van der Waals surface area contributed by atoms with Crippen LogP contribution < -0.4 is 16.1 Å². The monoisotopic (exact) mass is 507 g/mol. The van der Waals surface area contributed by atoms with E-state index >= 15 is 0 Å². The van der Waals surface area contributed by atoms with Crippen molar-refractivity contribution in [3.63, 3.8) is 0 Å². The normalized spacial score (nSPS) is 20.3. The van der Waals surface area contributed by atoms with Crippen LogP contribution in [0.3, 0.4) is 0 Å². The van der Waals surface area contributed by atoms with Crippen LogP contribution in [0.4, 0.5) is 13.2 Å². The molecule has 0 saturated carbocycles. The molecule has 1 aromatic carbocycles. The van der Waals surface area contributed by atoms with E-state index in [1.807, 2.05) is 36.0 Å². The van der Waals surface area contributed by atoms with E-state index in [2.05, 4.69) is 10.6 Å². The van der Waals surface area contributed by atoms with Crippen LogP contribution in [-0.2, 0) is 18.3 Å². The minimum atomic E-state index is -4.59. The molecule has 1 aliphatic carbocycles. The lowest BCUT2D eigenvalue weighted by Crippen LogP contribution is -2.54. The van der Waals surface area contributed by atoms with Crippen LogP contribution in [0.2, 0.25) is 0 Å². The van der Waals surface area contributed by atoms with Crippen molar-refractivity contribution in [2.24, 2.45) is 13.0 Å². The van der Waals surface area contributed by atoms with Gasteiger partial charge in [-0.1, -0.05) is 23.6 Å². The van der Waals surface area contributed by atoms with E-state index in [4.69, 9.17) is 5.41 Å². The van der Waals surface area contributed by atoms with Gasteiger partial charge in [-0.05, 0) is 49.0 Å². The molecule has 1 aromatic heterocycles. The minimum Gasteiger partial charge on any atom is -0.353 e. The fourth-order valence-electron chi connectivity index (χ4n) is 5.13. The van der Waals surface area contributed by atoms with E-state index in [-0.39, 0.29) is 19.0 Å². The summed E-state index contributed by atoms with van der Waals surface area (Å²) in [6.45, 7) is 1.55. The highest BCUT2D eigenvalue weighted by Gasteiger charge is 2.49. The van der Waals surface area contributed by atoms with Gasteiger partial charge < -0.3 is 15.2 Å². The molecule has 1 amide bonds. The Morgan fingerprint density at radius 2 is 2.11 bits per heavy atom. The SMILES string of the molecule is C[C@H](CCCNC(=N)N[N+](=O)[O-])NC(=O)[C@@H]1C=C2c3cccc4c3c(cn4C)C[C@H]2N(C(F)(F)F)C1. The van der Waals surface area contributed by atoms with E-state index in [0.29, 0.717) is 23.3 Å². The van der Waals surface area contributed by atoms with E-state index < -0.39 is 41.7 Å². The zero-order chi connectivity index (χ0) is 26.2. The van der Waals surface area contributed by atoms with E-state index in [0.717, 1.165) is 22.0 Å². The summed E-state index contributed by atoms with van der Waals surface area (Å²) in [5.74, 6) is -1.91. The Morgan fingerprint density at radius 1 is 1.36 bits per heavy atom. The standard InChI is InChI=1S/C23H28F3N7O3/c1-13(5-4-8-28-22(27)30-33(35)36)29-21(34)15-9-17-16-6-3-7-18-20(16)14(11-31(18)2)10-19(17)32(12-15)23(24,25)26/h3,6-7,9,11,13,15,19H,4-5,8,10,12H2,1-2H3,(H,29,34)(H3,27,28,30)/t13-,15-,19-/m1/s1. The summed E-state index contributed by atoms with van der Waals surface area (Å²) in [6.07, 6.45) is 0.159. The zero-order valence-electron chi connectivity index (χ0n) is 19.9. The molecule has 36 heavy (non-hydrogen) atoms. The number of fused-ring (bicyclic) bond motifs is 2. The van der Waals surface area contributed by atoms with Gasteiger partial charge in [0.05, 0.1) is 5.92 Å². The maximum Gasteiger partial charge on any atom is 0.460 e. The molecular formula is C23H28F3N7O3. The summed E-state index contributed by atoms with van der Waals surface area (Å²) in [5.41, 5.74) is 4.74. The number of aryl methyl sites for hydroxylation is 1. The van der Waals surface area contributed by atoms with E-state index in [1.54, 1.807) is 18.4 Å². The van der Waals surface area contributed by atoms with Gasteiger partial charge in [-0.3, -0.25) is 10.2 Å². The minimum absolute atomic E-state index is 0.220. The van der Waals surface area contributed by atoms with Gasteiger partial charge in [0.15, 0.2) is 5.03 Å². The predicted octanol–water partition coefficient (Wildman–Crippen LogP) is 2.53. The first kappa shape index (κ1) is 25.5. The molecule has 0 bridgehead atoms. The van der Waals surface area contributed by atoms with Crippen molar-refractivity contribution in [2.45, 2.75) is 44.6 Å². The number of nitrogens with one attached hydrogen (secondary N) is 4. The second-order valence-corrected chi connectivity index (χ2v) is 9.26. The third-order valence-corrected chi connectivity index (χ3v) is 6.70. The number of aromatic nitrogens is 1. The highest BCUT2D eigenvalue weighted by molar-refractivity contribution is 5.99. The molecule has 0 fully saturated rings. The fourth-order valence-corrected chi connectivity index (χ4v) is 5.13. The van der Waals surface area contributed by atoms with Gasteiger partial charge in [0.25, 0.3) is 5.96 Å². The largest absolute Gasteiger partial charge is 0.460 e. The number of guanidine groups is 1. The molecule has 0 saturated heterocycles. The number of halogens is 3. The van der Waals surface area contributed by atoms with Gasteiger partial charge in [0, 0.05) is 49.3 Å². The number of hydrogen-bond donors (Lipinski definition) is 4. The van der Waals surface area contributed by atoms with Gasteiger partial charge >= 0.3 is 6.30 Å². The van der Waals surface area contributed by atoms with Crippen molar-refractivity contribution >= 4 is 28.3 Å². The highest BCUT2D eigenvalue weighted by atomic mass is 19.4. The number of hydrogen-bond acceptors (Lipinski definition) is 5. The molecule has 194 valence electrons. The maximum absolute atomic E-state index is 14.1. The van der Waals surface area contributed by atoms with Crippen LogP contribution in [0.5, 0.6) is 0 Å². The predicted molar refractivity (Wildman–Crippen MR) is 127 cm³/mol. The number of nitrogens with zero attached hydrogens (tertiary/aromatic N) is 3. The summed E-state index contributed by atoms with van der Waals surface area (Å²) in [5, 5.41) is 23.1. The lowest BCUT2D eigenvalue weighted by Gasteiger charge is -2.42. The van der Waals surface area contributed by atoms with Crippen LogP contribution in [0.1, 0.15) is 30.9 Å². The Labute approximate surface area is 205 Å². The Morgan fingerprint density at radius 3 is 2.81 bits per heavy atom. The molecular weight excluding hydrogens is 479 g/mol. The molecule has 2 aromatic rings. The summed E-state index contributed by atoms with van der Waals surface area (Å²) in [6, 6.07) is 4.36. The molecule has 3 atom stereocenters. The third kappa shape index (κ3) is 5.15. The quantitative estimate of drug-likeness (QED) is 0.114. The molecule has 13 heteroatoms. The molecule has 4 rings (SSSR count). The molecule has 1 aliphatic heterocycles. The first-order valence-electron chi connectivity index (χ1n) is 11.6. The number of carbonyl (C=O) groups is 1. The molecule has 2 heterocycles. The number of amides is 1. The average molecular weight is 508 g/mol. The maximum atomic E-state index is 14.1. The highest BCUT2D eigenvalue weighted by Crippen LogP contribution is 2.44. The smallest absolute Gasteiger partial charge is 0.353 e. The van der Waals surface area contributed by atoms with Crippen LogP contribution in [0.15, 0.2) is 30.5 Å². The number of rotatable bonds is 7. The van der Waals surface area contributed by atoms with Crippen LogP contribution in [-0.4, -0.2) is 57.8 Å². The van der Waals surface area contributed by atoms with Gasteiger partial charge in [0.1, 0.15) is 0 Å². The zero-order valence-corrected chi connectivity index (χ0v) is 19.9. The number of alkyl halides is 3. The molecule has 0 radical (unpaired) electrons. The summed E-state index contributed by atoms with van der Waals surface area (Å²) in [7, 11) is 1.87. The number of nitro groups is 1. The van der Waals surface area contributed by atoms with Crippen molar-refractivity contribution in [3.8, 4) is 0 Å². The second kappa shape index (κ2) is 9.80. The summed E-state index contributed by atoms with van der Waals surface area (Å²) < 4.78 is 44.3. The first-order chi connectivity index (χ1) is 17.0. The van der Waals surface area contributed by atoms with Gasteiger partial charge in [0.2, 0.25) is 5.91 Å². The Bertz CT molecular complexity index is 1220. The van der Waals surface area contributed by atoms with Gasteiger partial charge in [-0.15, -0.1) is 0 Å². The topological polar surface area (TPSA) is 128 Å². The van der Waals surface area contributed by atoms with Gasteiger partial charge in [-0.2, -0.15) is 13.2 Å². The van der Waals surface area contributed by atoms with Crippen molar-refractivity contribution in [3.05, 3.63) is 51.7 Å². The Kier molecular flexibility index (Phi) is 6.94. The molecule has 4 N–H and O–H groups in total. The van der Waals surface area contributed by atoms with Crippen LogP contribution >= 0.6 is 0 Å². The van der Waals surface area contributed by atoms with Crippen LogP contribution in [0.25, 0.3) is 16.5 Å². The summed E-state index contributed by atoms with van der Waals surface area (Å²) in [4.78, 5) is 23.8. The van der Waals surface area contributed by atoms with Gasteiger partial charge in [-0.25, -0.2) is 15.0 Å². The lowest BCUT2D eigenvalue weighted by molar-refractivity contribution is -0.525. The average Bonchev–Trinajstić information content (AvgIpc) is 3.11. The summed E-state index contributed by atoms with van der Waals surface area (Å²) >= 11 is 0. The number of hydrazine groups is 1. The third-order valence-electron chi connectivity index (χ3n) is 6.70. The fraction of sp³-hybridized carbons (Fsp3) is 0.478. The van der Waals surface area contributed by atoms with Crippen molar-refractivity contribution < 1.29 is 23.0 Å². The molecule has 0 spiro atoms. The van der Waals surface area contributed by atoms with E-state index in [9.17, 15) is 28.1 Å². The Hall–Kier alpha value is -3.61. The van der Waals surface area contributed by atoms with E-state index in [1.165, 1.54) is 0 Å². The van der Waals surface area contributed by atoms with Crippen molar-refractivity contribution in [2.75, 3.05) is 13.1 Å². The Balaban J connectivity index is 1.48. The number of carbonyl (C=O) groups excluding carboxylic acids is 1. The van der Waals surface area contributed by atoms with Crippen LogP contribution in [0, 0.1) is 21.4 Å². The first-order valence-corrected chi connectivity index (χ1v) is 11.6. The molecule has 2 aliphatic rings. The van der Waals surface area contributed by atoms with Crippen molar-refractivity contribution in [1.29, 1.82) is 5.41 Å². The molecule has 0 unspecified atom stereocenters. The second-order valence-electron chi connectivity index (χ2n) is 9.26. The molecule has 10 nitrogen and oxygen atoms in total. The lowest BCUT2D eigenvalue weighted by atomic mass is 9.79. The van der Waals surface area contributed by atoms with Crippen molar-refractivity contribution in [1.82, 2.24) is 25.5 Å².